The van der Waals surface area contributed by atoms with Gasteiger partial charge in [0.25, 0.3) is 0 Å². The van der Waals surface area contributed by atoms with E-state index >= 15 is 4.39 Å². The minimum absolute atomic E-state index is 0.142. The van der Waals surface area contributed by atoms with Crippen molar-refractivity contribution in [3.8, 4) is 22.9 Å². The Hall–Kier alpha value is -2.38. The van der Waals surface area contributed by atoms with Crippen molar-refractivity contribution in [3.63, 3.8) is 0 Å². The van der Waals surface area contributed by atoms with Crippen molar-refractivity contribution in [2.75, 3.05) is 13.1 Å². The Labute approximate surface area is 161 Å². The normalized spacial score (nSPS) is 23.3. The minimum atomic E-state index is -1.01. The van der Waals surface area contributed by atoms with Gasteiger partial charge in [-0.1, -0.05) is 56.3 Å². The molecule has 1 saturated heterocycles. The van der Waals surface area contributed by atoms with Crippen LogP contribution in [0.25, 0.3) is 11.1 Å². The number of phenols is 1. The second kappa shape index (κ2) is 8.10. The Morgan fingerprint density at radius 3 is 2.59 bits per heavy atom. The van der Waals surface area contributed by atoms with Gasteiger partial charge in [0.05, 0.1) is 6.07 Å². The Balaban J connectivity index is 1.70. The lowest BCUT2D eigenvalue weighted by molar-refractivity contribution is -0.0253. The molecule has 2 aromatic rings. The van der Waals surface area contributed by atoms with Crippen LogP contribution in [0.15, 0.2) is 48.5 Å². The van der Waals surface area contributed by atoms with E-state index in [-0.39, 0.29) is 18.1 Å². The zero-order chi connectivity index (χ0) is 19.4. The molecule has 4 heteroatoms. The van der Waals surface area contributed by atoms with Crippen LogP contribution in [0.5, 0.6) is 5.75 Å². The fourth-order valence-corrected chi connectivity index (χ4v) is 4.16. The van der Waals surface area contributed by atoms with Gasteiger partial charge >= 0.3 is 0 Å². The van der Waals surface area contributed by atoms with Gasteiger partial charge in [0, 0.05) is 30.5 Å². The molecular formula is C23H27FN2O. The molecule has 2 aromatic carbocycles. The van der Waals surface area contributed by atoms with Crippen LogP contribution in [0.3, 0.4) is 0 Å². The molecule has 1 aliphatic rings. The average Bonchev–Trinajstić information content (AvgIpc) is 2.65. The zero-order valence-electron chi connectivity index (χ0n) is 16.0. The van der Waals surface area contributed by atoms with Crippen LogP contribution in [0.2, 0.25) is 0 Å². The smallest absolute Gasteiger partial charge is 0.123 e. The van der Waals surface area contributed by atoms with Gasteiger partial charge in [0.1, 0.15) is 11.9 Å². The molecule has 1 N–H and O–H groups in total. The van der Waals surface area contributed by atoms with Gasteiger partial charge in [-0.3, -0.25) is 4.90 Å². The van der Waals surface area contributed by atoms with E-state index in [1.807, 2.05) is 56.3 Å². The number of benzene rings is 2. The van der Waals surface area contributed by atoms with Gasteiger partial charge in [0.2, 0.25) is 0 Å². The third-order valence-corrected chi connectivity index (χ3v) is 6.05. The summed E-state index contributed by atoms with van der Waals surface area (Å²) in [6.45, 7) is 5.73. The molecule has 0 spiro atoms. The lowest BCUT2D eigenvalue weighted by Crippen LogP contribution is -2.51. The number of hydrogen-bond acceptors (Lipinski definition) is 3. The number of phenolic OH excluding ortho intramolecular Hbond substituents is 1. The second-order valence-electron chi connectivity index (χ2n) is 7.89. The summed E-state index contributed by atoms with van der Waals surface area (Å²) < 4.78 is 15.0. The van der Waals surface area contributed by atoms with E-state index in [2.05, 4.69) is 11.0 Å². The third-order valence-electron chi connectivity index (χ3n) is 6.05. The highest BCUT2D eigenvalue weighted by atomic mass is 19.1. The molecule has 27 heavy (non-hydrogen) atoms. The van der Waals surface area contributed by atoms with Gasteiger partial charge in [-0.2, -0.15) is 5.26 Å². The molecule has 142 valence electrons. The summed E-state index contributed by atoms with van der Waals surface area (Å²) in [6.07, 6.45) is -0.0530. The Morgan fingerprint density at radius 1 is 1.26 bits per heavy atom. The van der Waals surface area contributed by atoms with E-state index in [4.69, 9.17) is 5.26 Å². The number of alkyl halides is 1. The molecular weight excluding hydrogens is 339 g/mol. The highest BCUT2D eigenvalue weighted by Gasteiger charge is 2.45. The van der Waals surface area contributed by atoms with Crippen LogP contribution >= 0.6 is 0 Å². The Kier molecular flexibility index (Phi) is 5.82. The topological polar surface area (TPSA) is 47.3 Å². The van der Waals surface area contributed by atoms with Gasteiger partial charge in [-0.15, -0.1) is 0 Å². The van der Waals surface area contributed by atoms with Crippen LogP contribution in [0, 0.1) is 22.7 Å². The average molecular weight is 366 g/mol. The minimum Gasteiger partial charge on any atom is -0.507 e. The lowest BCUT2D eigenvalue weighted by Gasteiger charge is -2.46. The summed E-state index contributed by atoms with van der Waals surface area (Å²) in [4.78, 5) is 2.08. The lowest BCUT2D eigenvalue weighted by atomic mass is 9.67. The first kappa shape index (κ1) is 19.4. The Bertz CT molecular complexity index is 815. The number of rotatable bonds is 5. The van der Waals surface area contributed by atoms with E-state index in [1.165, 1.54) is 0 Å². The molecule has 3 rings (SSSR count). The zero-order valence-corrected chi connectivity index (χ0v) is 16.0. The number of aromatic hydroxyl groups is 1. The van der Waals surface area contributed by atoms with E-state index in [0.717, 1.165) is 23.2 Å². The molecule has 0 radical (unpaired) electrons. The number of nitriles is 1. The van der Waals surface area contributed by atoms with Crippen LogP contribution in [0.1, 0.15) is 32.3 Å². The van der Waals surface area contributed by atoms with Crippen LogP contribution < -0.4 is 0 Å². The maximum Gasteiger partial charge on any atom is 0.123 e. The van der Waals surface area contributed by atoms with Crippen LogP contribution in [-0.4, -0.2) is 29.3 Å². The number of piperidine rings is 1. The van der Waals surface area contributed by atoms with E-state index < -0.39 is 11.6 Å². The number of likely N-dealkylation sites (tertiary alicyclic amines) is 1. The van der Waals surface area contributed by atoms with Crippen molar-refractivity contribution >= 4 is 0 Å². The molecule has 2 atom stereocenters. The first-order valence-corrected chi connectivity index (χ1v) is 9.57. The van der Waals surface area contributed by atoms with Crippen molar-refractivity contribution in [1.29, 1.82) is 5.26 Å². The number of halogens is 1. The Morgan fingerprint density at radius 2 is 2.00 bits per heavy atom. The molecule has 1 heterocycles. The molecule has 0 aliphatic carbocycles. The molecule has 1 fully saturated rings. The molecule has 0 bridgehead atoms. The predicted molar refractivity (Wildman–Crippen MR) is 106 cm³/mol. The largest absolute Gasteiger partial charge is 0.507 e. The standard InChI is InChI=1S/C23H27FN2O/c1-17(2)23(10-12-25)11-13-26(16-22(23)24)15-18-8-9-20(21(27)14-18)19-6-4-3-5-7-19/h3-9,14,17,22,27H,10-11,13,15-16H2,1-2H3. The summed E-state index contributed by atoms with van der Waals surface area (Å²) in [5.74, 6) is 0.386. The van der Waals surface area contributed by atoms with Gasteiger partial charge in [-0.25, -0.2) is 4.39 Å². The summed E-state index contributed by atoms with van der Waals surface area (Å²) in [7, 11) is 0. The summed E-state index contributed by atoms with van der Waals surface area (Å²) >= 11 is 0. The van der Waals surface area contributed by atoms with Crippen LogP contribution in [0.4, 0.5) is 4.39 Å². The first-order valence-electron chi connectivity index (χ1n) is 9.57. The summed E-state index contributed by atoms with van der Waals surface area (Å²) in [5, 5.41) is 19.6. The van der Waals surface area contributed by atoms with Gasteiger partial charge < -0.3 is 5.11 Å². The molecule has 3 nitrogen and oxygen atoms in total. The number of hydrogen-bond donors (Lipinski definition) is 1. The quantitative estimate of drug-likeness (QED) is 0.795. The highest BCUT2D eigenvalue weighted by Crippen LogP contribution is 2.44. The van der Waals surface area contributed by atoms with Crippen molar-refractivity contribution in [2.24, 2.45) is 11.3 Å². The fraction of sp³-hybridized carbons (Fsp3) is 0.435. The van der Waals surface area contributed by atoms with Crippen molar-refractivity contribution in [1.82, 2.24) is 4.90 Å². The van der Waals surface area contributed by atoms with Crippen molar-refractivity contribution in [2.45, 2.75) is 39.4 Å². The van der Waals surface area contributed by atoms with Crippen molar-refractivity contribution < 1.29 is 9.50 Å². The molecule has 2 unspecified atom stereocenters. The third kappa shape index (κ3) is 3.99. The molecule has 1 aliphatic heterocycles. The van der Waals surface area contributed by atoms with E-state index in [0.29, 0.717) is 19.5 Å². The van der Waals surface area contributed by atoms with Gasteiger partial charge in [0.15, 0.2) is 0 Å². The molecule has 0 saturated carbocycles. The maximum absolute atomic E-state index is 15.0. The second-order valence-corrected chi connectivity index (χ2v) is 7.89. The first-order chi connectivity index (χ1) is 13.0. The van der Waals surface area contributed by atoms with E-state index in [1.54, 1.807) is 6.07 Å². The fourth-order valence-electron chi connectivity index (χ4n) is 4.16. The number of nitrogens with zero attached hydrogens (tertiary/aromatic N) is 2. The predicted octanol–water partition coefficient (Wildman–Crippen LogP) is 5.16. The molecule has 0 amide bonds. The van der Waals surface area contributed by atoms with Crippen molar-refractivity contribution in [3.05, 3.63) is 54.1 Å². The molecule has 0 aromatic heterocycles. The van der Waals surface area contributed by atoms with Gasteiger partial charge in [-0.05, 0) is 36.1 Å². The summed E-state index contributed by atoms with van der Waals surface area (Å²) in [5.41, 5.74) is 2.21. The SMILES string of the molecule is CC(C)C1(CC#N)CCN(Cc2ccc(-c3ccccc3)c(O)c2)CC1F. The summed E-state index contributed by atoms with van der Waals surface area (Å²) in [6, 6.07) is 17.6. The maximum atomic E-state index is 15.0. The van der Waals surface area contributed by atoms with Crippen LogP contribution in [-0.2, 0) is 6.54 Å². The monoisotopic (exact) mass is 366 g/mol. The van der Waals surface area contributed by atoms with E-state index in [9.17, 15) is 5.11 Å². The highest BCUT2D eigenvalue weighted by molar-refractivity contribution is 5.70.